The lowest BCUT2D eigenvalue weighted by Gasteiger charge is -2.17. The lowest BCUT2D eigenvalue weighted by Crippen LogP contribution is -2.36. The largest absolute Gasteiger partial charge is 0.372 e. The molecule has 2 aliphatic rings. The molecule has 0 bridgehead atoms. The highest BCUT2D eigenvalue weighted by molar-refractivity contribution is 8.18. The Kier molecular flexibility index (Phi) is 4.38. The van der Waals surface area contributed by atoms with Crippen molar-refractivity contribution in [2.75, 3.05) is 24.5 Å². The van der Waals surface area contributed by atoms with Crippen molar-refractivity contribution in [3.63, 3.8) is 0 Å². The van der Waals surface area contributed by atoms with Gasteiger partial charge in [0.05, 0.1) is 4.91 Å². The van der Waals surface area contributed by atoms with Gasteiger partial charge in [-0.3, -0.25) is 19.3 Å². The third-order valence-corrected chi connectivity index (χ3v) is 4.76. The van der Waals surface area contributed by atoms with Crippen molar-refractivity contribution in [3.05, 3.63) is 34.7 Å². The number of nitrogens with zero attached hydrogens (tertiary/aromatic N) is 2. The maximum Gasteiger partial charge on any atom is 0.294 e. The van der Waals surface area contributed by atoms with Gasteiger partial charge >= 0.3 is 0 Å². The molecule has 0 aromatic heterocycles. The number of nitrogens with two attached hydrogens (primary N) is 1. The van der Waals surface area contributed by atoms with Crippen LogP contribution in [-0.4, -0.2) is 41.6 Å². The van der Waals surface area contributed by atoms with E-state index in [1.54, 1.807) is 6.08 Å². The maximum absolute atomic E-state index is 12.1. The molecule has 3 rings (SSSR count). The van der Waals surface area contributed by atoms with Gasteiger partial charge < -0.3 is 10.6 Å². The van der Waals surface area contributed by atoms with Crippen molar-refractivity contribution in [2.24, 2.45) is 5.73 Å². The summed E-state index contributed by atoms with van der Waals surface area (Å²) in [4.78, 5) is 38.3. The van der Waals surface area contributed by atoms with Gasteiger partial charge in [0, 0.05) is 18.8 Å². The summed E-state index contributed by atoms with van der Waals surface area (Å²) in [5, 5.41) is -0.464. The predicted octanol–water partition coefficient (Wildman–Crippen LogP) is 1.81. The Morgan fingerprint density at radius 2 is 1.83 bits per heavy atom. The second kappa shape index (κ2) is 6.45. The fraction of sp³-hybridized carbons (Fsp3) is 0.312. The highest BCUT2D eigenvalue weighted by atomic mass is 32.2. The highest BCUT2D eigenvalue weighted by Crippen LogP contribution is 2.32. The van der Waals surface area contributed by atoms with Crippen LogP contribution in [0.4, 0.5) is 10.5 Å². The van der Waals surface area contributed by atoms with Crippen LogP contribution >= 0.6 is 11.8 Å². The molecule has 120 valence electrons. The number of rotatable bonds is 4. The first-order valence-corrected chi connectivity index (χ1v) is 8.25. The summed E-state index contributed by atoms with van der Waals surface area (Å²) in [6.07, 6.45) is 4.10. The van der Waals surface area contributed by atoms with Crippen LogP contribution in [0.25, 0.3) is 6.08 Å². The predicted molar refractivity (Wildman–Crippen MR) is 89.8 cm³/mol. The monoisotopic (exact) mass is 331 g/mol. The molecule has 23 heavy (non-hydrogen) atoms. The molecule has 2 fully saturated rings. The van der Waals surface area contributed by atoms with Crippen molar-refractivity contribution in [1.29, 1.82) is 0 Å². The van der Waals surface area contributed by atoms with Crippen LogP contribution in [0.1, 0.15) is 18.4 Å². The molecule has 2 saturated heterocycles. The molecule has 0 spiro atoms. The number of hydrogen-bond donors (Lipinski definition) is 1. The van der Waals surface area contributed by atoms with E-state index in [0.29, 0.717) is 4.91 Å². The summed E-state index contributed by atoms with van der Waals surface area (Å²) >= 11 is 0.828. The third-order valence-electron chi connectivity index (χ3n) is 3.85. The Balaban J connectivity index is 1.75. The van der Waals surface area contributed by atoms with Crippen molar-refractivity contribution >= 4 is 40.6 Å². The number of primary amides is 1. The van der Waals surface area contributed by atoms with Crippen LogP contribution in [0.3, 0.4) is 0 Å². The quantitative estimate of drug-likeness (QED) is 0.851. The van der Waals surface area contributed by atoms with E-state index in [-0.39, 0.29) is 6.54 Å². The van der Waals surface area contributed by atoms with Crippen molar-refractivity contribution in [1.82, 2.24) is 4.90 Å². The summed E-state index contributed by atoms with van der Waals surface area (Å²) in [5.41, 5.74) is 7.07. The average molecular weight is 331 g/mol. The summed E-state index contributed by atoms with van der Waals surface area (Å²) < 4.78 is 0. The van der Waals surface area contributed by atoms with E-state index in [2.05, 4.69) is 4.90 Å². The van der Waals surface area contributed by atoms with Crippen LogP contribution < -0.4 is 10.6 Å². The molecule has 3 amide bonds. The maximum atomic E-state index is 12.1. The first-order chi connectivity index (χ1) is 11.0. The zero-order valence-electron chi connectivity index (χ0n) is 12.5. The first-order valence-electron chi connectivity index (χ1n) is 7.43. The number of thioether (sulfide) groups is 1. The van der Waals surface area contributed by atoms with Gasteiger partial charge in [0.25, 0.3) is 11.1 Å². The molecule has 2 heterocycles. The molecular formula is C16H17N3O3S. The molecule has 2 aliphatic heterocycles. The van der Waals surface area contributed by atoms with Crippen molar-refractivity contribution in [3.8, 4) is 0 Å². The molecule has 1 aromatic rings. The van der Waals surface area contributed by atoms with Gasteiger partial charge in [0.2, 0.25) is 5.91 Å². The molecular weight excluding hydrogens is 314 g/mol. The van der Waals surface area contributed by atoms with E-state index in [9.17, 15) is 14.4 Å². The van der Waals surface area contributed by atoms with E-state index in [1.165, 1.54) is 18.5 Å². The Bertz CT molecular complexity index is 678. The number of benzene rings is 1. The van der Waals surface area contributed by atoms with Gasteiger partial charge in [-0.05, 0) is 48.4 Å². The second-order valence-corrected chi connectivity index (χ2v) is 6.51. The summed E-state index contributed by atoms with van der Waals surface area (Å²) in [5.74, 6) is -1.18. The molecule has 6 nitrogen and oxygen atoms in total. The normalized spacial score (nSPS) is 19.9. The molecule has 7 heteroatoms. The van der Waals surface area contributed by atoms with Gasteiger partial charge in [-0.2, -0.15) is 0 Å². The van der Waals surface area contributed by atoms with Gasteiger partial charge in [-0.1, -0.05) is 12.1 Å². The van der Waals surface area contributed by atoms with E-state index < -0.39 is 17.1 Å². The minimum atomic E-state index is -0.705. The van der Waals surface area contributed by atoms with E-state index in [4.69, 9.17) is 5.73 Å². The smallest absolute Gasteiger partial charge is 0.294 e. The summed E-state index contributed by atoms with van der Waals surface area (Å²) in [7, 11) is 0. The Hall–Kier alpha value is -2.28. The number of amides is 3. The molecule has 1 aromatic carbocycles. The van der Waals surface area contributed by atoms with Crippen LogP contribution in [0, 0.1) is 0 Å². The topological polar surface area (TPSA) is 83.7 Å². The standard InChI is InChI=1S/C16H17N3O3S/c17-14(20)10-19-15(21)13(23-16(19)22)9-11-3-5-12(6-4-11)18-7-1-2-8-18/h3-6,9H,1-2,7-8,10H2,(H2,17,20)/b13-9-. The number of carbonyl (C=O) groups is 3. The Morgan fingerprint density at radius 3 is 2.43 bits per heavy atom. The molecule has 0 radical (unpaired) electrons. The minimum Gasteiger partial charge on any atom is -0.372 e. The minimum absolute atomic E-state index is 0.310. The fourth-order valence-electron chi connectivity index (χ4n) is 2.70. The fourth-order valence-corrected chi connectivity index (χ4v) is 3.54. The van der Waals surface area contributed by atoms with Crippen molar-refractivity contribution < 1.29 is 14.4 Å². The van der Waals surface area contributed by atoms with Gasteiger partial charge in [0.15, 0.2) is 0 Å². The number of imide groups is 1. The Morgan fingerprint density at radius 1 is 1.17 bits per heavy atom. The number of carbonyl (C=O) groups excluding carboxylic acids is 3. The zero-order valence-corrected chi connectivity index (χ0v) is 13.3. The van der Waals surface area contributed by atoms with Gasteiger partial charge in [-0.15, -0.1) is 0 Å². The molecule has 2 N–H and O–H groups in total. The molecule has 0 saturated carbocycles. The van der Waals surface area contributed by atoms with Gasteiger partial charge in [-0.25, -0.2) is 0 Å². The second-order valence-electron chi connectivity index (χ2n) is 5.52. The number of hydrogen-bond acceptors (Lipinski definition) is 5. The van der Waals surface area contributed by atoms with E-state index in [1.807, 2.05) is 24.3 Å². The van der Waals surface area contributed by atoms with Crippen LogP contribution in [0.5, 0.6) is 0 Å². The molecule has 0 atom stereocenters. The summed E-state index contributed by atoms with van der Waals surface area (Å²) in [6.45, 7) is 1.77. The lowest BCUT2D eigenvalue weighted by atomic mass is 10.2. The third kappa shape index (κ3) is 3.39. The van der Waals surface area contributed by atoms with E-state index in [0.717, 1.165) is 35.3 Å². The Labute approximate surface area is 138 Å². The zero-order chi connectivity index (χ0) is 16.4. The summed E-state index contributed by atoms with van der Waals surface area (Å²) in [6, 6.07) is 7.89. The first kappa shape index (κ1) is 15.6. The average Bonchev–Trinajstić information content (AvgIpc) is 3.13. The van der Waals surface area contributed by atoms with E-state index >= 15 is 0 Å². The SMILES string of the molecule is NC(=O)CN1C(=O)S/C(=C\c2ccc(N3CCCC3)cc2)C1=O. The van der Waals surface area contributed by atoms with Crippen LogP contribution in [0.2, 0.25) is 0 Å². The van der Waals surface area contributed by atoms with Gasteiger partial charge in [0.1, 0.15) is 6.54 Å². The molecule has 0 unspecified atom stereocenters. The lowest BCUT2D eigenvalue weighted by molar-refractivity contribution is -0.127. The number of anilines is 1. The van der Waals surface area contributed by atoms with Crippen molar-refractivity contribution in [2.45, 2.75) is 12.8 Å². The van der Waals surface area contributed by atoms with Crippen LogP contribution in [0.15, 0.2) is 29.2 Å². The highest BCUT2D eigenvalue weighted by Gasteiger charge is 2.35. The molecule has 0 aliphatic carbocycles. The van der Waals surface area contributed by atoms with Crippen LogP contribution in [-0.2, 0) is 9.59 Å².